The molecule has 0 aliphatic carbocycles. The Morgan fingerprint density at radius 2 is 2.25 bits per heavy atom. The Morgan fingerprint density at radius 3 is 2.88 bits per heavy atom. The molecule has 0 spiro atoms. The van der Waals surface area contributed by atoms with Gasteiger partial charge in [-0.2, -0.15) is 5.10 Å². The van der Waals surface area contributed by atoms with Gasteiger partial charge in [-0.3, -0.25) is 4.79 Å². The molecule has 0 aromatic carbocycles. The molecule has 0 bridgehead atoms. The van der Waals surface area contributed by atoms with E-state index >= 15 is 0 Å². The van der Waals surface area contributed by atoms with Gasteiger partial charge < -0.3 is 9.83 Å². The molecule has 0 aliphatic heterocycles. The molecule has 0 fully saturated rings. The van der Waals surface area contributed by atoms with Crippen LogP contribution in [0.1, 0.15) is 26.5 Å². The lowest BCUT2D eigenvalue weighted by atomic mass is 10.2. The van der Waals surface area contributed by atoms with E-state index in [0.29, 0.717) is 5.56 Å². The van der Waals surface area contributed by atoms with Crippen LogP contribution in [-0.2, 0) is 0 Å². The van der Waals surface area contributed by atoms with Crippen LogP contribution in [0.2, 0.25) is 0 Å². The van der Waals surface area contributed by atoms with Crippen molar-refractivity contribution in [1.82, 2.24) is 9.83 Å². The third-order valence-electron chi connectivity index (χ3n) is 2.48. The summed E-state index contributed by atoms with van der Waals surface area (Å²) in [7, 11) is 1.73. The molecular formula is C11H13N3OS. The van der Waals surface area contributed by atoms with Crippen molar-refractivity contribution in [3.8, 4) is 0 Å². The van der Waals surface area contributed by atoms with Crippen molar-refractivity contribution in [3.63, 3.8) is 0 Å². The highest BCUT2D eigenvalue weighted by atomic mass is 32.1. The maximum Gasteiger partial charge on any atom is 0.152 e. The lowest BCUT2D eigenvalue weighted by Crippen LogP contribution is -1.99. The van der Waals surface area contributed by atoms with Crippen molar-refractivity contribution in [2.24, 2.45) is 5.10 Å². The van der Waals surface area contributed by atoms with Crippen LogP contribution in [0.25, 0.3) is 4.83 Å². The molecule has 4 nitrogen and oxygen atoms in total. The van der Waals surface area contributed by atoms with Gasteiger partial charge in [-0.15, -0.1) is 11.3 Å². The minimum Gasteiger partial charge on any atom is -0.313 e. The number of aromatic nitrogens is 1. The van der Waals surface area contributed by atoms with Gasteiger partial charge in [-0.05, 0) is 19.4 Å². The Balaban J connectivity index is 2.75. The van der Waals surface area contributed by atoms with E-state index in [1.54, 1.807) is 24.6 Å². The smallest absolute Gasteiger partial charge is 0.152 e. The van der Waals surface area contributed by atoms with E-state index < -0.39 is 0 Å². The van der Waals surface area contributed by atoms with Crippen molar-refractivity contribution in [3.05, 3.63) is 27.9 Å². The number of aryl methyl sites for hydroxylation is 2. The summed E-state index contributed by atoms with van der Waals surface area (Å²) in [5.41, 5.74) is 5.26. The third-order valence-corrected chi connectivity index (χ3v) is 3.61. The highest BCUT2D eigenvalue weighted by Crippen LogP contribution is 2.27. The van der Waals surface area contributed by atoms with E-state index in [9.17, 15) is 4.79 Å². The molecule has 0 radical (unpaired) electrons. The predicted octanol–water partition coefficient (Wildman–Crippen LogP) is 1.98. The van der Waals surface area contributed by atoms with Gasteiger partial charge in [-0.1, -0.05) is 0 Å². The molecule has 0 saturated heterocycles. The van der Waals surface area contributed by atoms with Gasteiger partial charge in [0.1, 0.15) is 4.83 Å². The Bertz CT molecular complexity index is 565. The Hall–Kier alpha value is -1.62. The summed E-state index contributed by atoms with van der Waals surface area (Å²) in [5, 5.41) is 3.97. The topological polar surface area (TPSA) is 45.9 Å². The van der Waals surface area contributed by atoms with Crippen LogP contribution < -0.4 is 5.43 Å². The summed E-state index contributed by atoms with van der Waals surface area (Å²) >= 11 is 1.68. The Morgan fingerprint density at radius 1 is 1.50 bits per heavy atom. The number of carbonyl (C=O) groups is 1. The third kappa shape index (κ3) is 1.53. The first-order valence-electron chi connectivity index (χ1n) is 4.95. The number of hydrogen-bond donors (Lipinski definition) is 1. The molecule has 1 N–H and O–H groups in total. The molecule has 16 heavy (non-hydrogen) atoms. The fraction of sp³-hybridized carbons (Fsp3) is 0.273. The van der Waals surface area contributed by atoms with Crippen LogP contribution in [0.4, 0.5) is 0 Å². The molecule has 2 aromatic rings. The number of fused-ring (bicyclic) bond motifs is 1. The van der Waals surface area contributed by atoms with Crippen LogP contribution in [0.5, 0.6) is 0 Å². The van der Waals surface area contributed by atoms with Crippen molar-refractivity contribution in [1.29, 1.82) is 0 Å². The lowest BCUT2D eigenvalue weighted by Gasteiger charge is -1.93. The number of hydrazone groups is 1. The standard InChI is InChI=1S/C11H13N3OS/c1-7-5-14-10(4-13-12-3)9(6-15)8(2)11(14)16-7/h4-6,12H,1-3H3/b13-4-. The molecule has 5 heteroatoms. The molecule has 0 amide bonds. The highest BCUT2D eigenvalue weighted by molar-refractivity contribution is 7.17. The van der Waals surface area contributed by atoms with E-state index in [2.05, 4.69) is 17.5 Å². The van der Waals surface area contributed by atoms with Crippen LogP contribution in [0.15, 0.2) is 11.3 Å². The largest absolute Gasteiger partial charge is 0.313 e. The molecule has 84 valence electrons. The number of nitrogens with one attached hydrogen (secondary N) is 1. The van der Waals surface area contributed by atoms with Crippen molar-refractivity contribution >= 4 is 28.7 Å². The van der Waals surface area contributed by atoms with E-state index in [1.165, 1.54) is 4.88 Å². The van der Waals surface area contributed by atoms with E-state index in [4.69, 9.17) is 0 Å². The zero-order valence-electron chi connectivity index (χ0n) is 9.44. The number of carbonyl (C=O) groups excluding carboxylic acids is 1. The zero-order chi connectivity index (χ0) is 11.7. The van der Waals surface area contributed by atoms with Crippen molar-refractivity contribution in [2.75, 3.05) is 7.05 Å². The molecule has 0 atom stereocenters. The summed E-state index contributed by atoms with van der Waals surface area (Å²) in [6.07, 6.45) is 4.59. The molecule has 0 aliphatic rings. The first kappa shape index (κ1) is 10.9. The van der Waals surface area contributed by atoms with E-state index in [-0.39, 0.29) is 0 Å². The first-order chi connectivity index (χ1) is 7.69. The van der Waals surface area contributed by atoms with E-state index in [0.717, 1.165) is 22.4 Å². The number of thiazole rings is 1. The Kier molecular flexibility index (Phi) is 2.78. The fourth-order valence-corrected chi connectivity index (χ4v) is 2.72. The van der Waals surface area contributed by atoms with Crippen molar-refractivity contribution < 1.29 is 4.79 Å². The zero-order valence-corrected chi connectivity index (χ0v) is 10.3. The Labute approximate surface area is 97.6 Å². The van der Waals surface area contributed by atoms with Crippen molar-refractivity contribution in [2.45, 2.75) is 13.8 Å². The van der Waals surface area contributed by atoms with Gasteiger partial charge in [0.05, 0.1) is 11.9 Å². The fourth-order valence-electron chi connectivity index (χ4n) is 1.75. The maximum absolute atomic E-state index is 11.1. The first-order valence-corrected chi connectivity index (χ1v) is 5.76. The highest BCUT2D eigenvalue weighted by Gasteiger charge is 2.15. The molecule has 2 aromatic heterocycles. The predicted molar refractivity (Wildman–Crippen MR) is 66.8 cm³/mol. The van der Waals surface area contributed by atoms with Gasteiger partial charge in [0, 0.05) is 23.7 Å². The second-order valence-corrected chi connectivity index (χ2v) is 4.78. The summed E-state index contributed by atoms with van der Waals surface area (Å²) in [5.74, 6) is 0. The quantitative estimate of drug-likeness (QED) is 0.502. The van der Waals surface area contributed by atoms with Crippen LogP contribution >= 0.6 is 11.3 Å². The van der Waals surface area contributed by atoms with Crippen LogP contribution in [0.3, 0.4) is 0 Å². The van der Waals surface area contributed by atoms with Gasteiger partial charge in [0.25, 0.3) is 0 Å². The van der Waals surface area contributed by atoms with E-state index in [1.807, 2.05) is 17.5 Å². The number of rotatable bonds is 3. The van der Waals surface area contributed by atoms with Gasteiger partial charge >= 0.3 is 0 Å². The monoisotopic (exact) mass is 235 g/mol. The molecule has 2 heterocycles. The normalized spacial score (nSPS) is 11.4. The second kappa shape index (κ2) is 4.09. The molecule has 0 saturated carbocycles. The maximum atomic E-state index is 11.1. The minimum absolute atomic E-state index is 0.713. The molecule has 0 unspecified atom stereocenters. The van der Waals surface area contributed by atoms with Crippen LogP contribution in [0, 0.1) is 13.8 Å². The minimum atomic E-state index is 0.713. The van der Waals surface area contributed by atoms with Gasteiger partial charge in [-0.25, -0.2) is 0 Å². The lowest BCUT2D eigenvalue weighted by molar-refractivity contribution is 0.112. The summed E-state index contributed by atoms with van der Waals surface area (Å²) in [6.45, 7) is 4.02. The number of hydrogen-bond acceptors (Lipinski definition) is 4. The summed E-state index contributed by atoms with van der Waals surface area (Å²) in [4.78, 5) is 13.4. The average Bonchev–Trinajstić information content (AvgIpc) is 2.74. The molecular weight excluding hydrogens is 222 g/mol. The van der Waals surface area contributed by atoms with Gasteiger partial charge in [0.2, 0.25) is 0 Å². The number of nitrogens with zero attached hydrogens (tertiary/aromatic N) is 2. The second-order valence-electron chi connectivity index (χ2n) is 3.54. The van der Waals surface area contributed by atoms with Crippen LogP contribution in [-0.4, -0.2) is 23.9 Å². The summed E-state index contributed by atoms with van der Waals surface area (Å²) in [6, 6.07) is 0. The SMILES string of the molecule is CN/N=C\c1c(C=O)c(C)c2sc(C)cn12. The average molecular weight is 235 g/mol. The number of aldehydes is 1. The molecule has 2 rings (SSSR count). The summed E-state index contributed by atoms with van der Waals surface area (Å²) < 4.78 is 2.01. The van der Waals surface area contributed by atoms with Gasteiger partial charge in [0.15, 0.2) is 6.29 Å².